The van der Waals surface area contributed by atoms with E-state index in [1.54, 1.807) is 6.08 Å². The summed E-state index contributed by atoms with van der Waals surface area (Å²) in [5, 5.41) is 0. The first-order valence-electron chi connectivity index (χ1n) is 4.10. The maximum Gasteiger partial charge on any atom is 0.127 e. The molecule has 0 N–H and O–H groups in total. The van der Waals surface area contributed by atoms with Gasteiger partial charge in [0, 0.05) is 10.4 Å². The third kappa shape index (κ3) is 2.52. The van der Waals surface area contributed by atoms with E-state index in [-0.39, 0.29) is 5.92 Å². The Balaban J connectivity index is 2.96. The molecule has 1 aromatic carbocycles. The molecule has 2 heteroatoms. The highest BCUT2D eigenvalue weighted by Crippen LogP contribution is 2.25. The van der Waals surface area contributed by atoms with Crippen LogP contribution in [0.2, 0.25) is 0 Å². The molecule has 0 aliphatic rings. The smallest absolute Gasteiger partial charge is 0.127 e. The number of aldehydes is 1. The lowest BCUT2D eigenvalue weighted by atomic mass is 9.97. The SMILES string of the molecule is C=CCC(C=O)c1ccccc1Br. The molecule has 1 aromatic rings. The maximum absolute atomic E-state index is 10.8. The molecule has 1 nitrogen and oxygen atoms in total. The number of rotatable bonds is 4. The Kier molecular flexibility index (Phi) is 3.90. The van der Waals surface area contributed by atoms with Gasteiger partial charge in [-0.15, -0.1) is 6.58 Å². The standard InChI is InChI=1S/C11H11BrO/c1-2-5-9(8-13)10-6-3-4-7-11(10)12/h2-4,6-9H,1,5H2. The Labute approximate surface area is 86.6 Å². The molecule has 1 rings (SSSR count). The summed E-state index contributed by atoms with van der Waals surface area (Å²) in [4.78, 5) is 10.8. The molecule has 68 valence electrons. The largest absolute Gasteiger partial charge is 0.303 e. The molecular formula is C11H11BrO. The van der Waals surface area contributed by atoms with Crippen molar-refractivity contribution in [3.05, 3.63) is 47.0 Å². The second-order valence-electron chi connectivity index (χ2n) is 2.79. The van der Waals surface area contributed by atoms with Gasteiger partial charge in [0.15, 0.2) is 0 Å². The van der Waals surface area contributed by atoms with Crippen LogP contribution in [0.25, 0.3) is 0 Å². The minimum absolute atomic E-state index is 0.0759. The van der Waals surface area contributed by atoms with E-state index in [2.05, 4.69) is 22.5 Å². The van der Waals surface area contributed by atoms with Crippen molar-refractivity contribution in [2.24, 2.45) is 0 Å². The first kappa shape index (κ1) is 10.2. The second kappa shape index (κ2) is 4.97. The van der Waals surface area contributed by atoms with Crippen LogP contribution < -0.4 is 0 Å². The van der Waals surface area contributed by atoms with Crippen LogP contribution in [0.3, 0.4) is 0 Å². The summed E-state index contributed by atoms with van der Waals surface area (Å²) in [5.41, 5.74) is 1.03. The fraction of sp³-hybridized carbons (Fsp3) is 0.182. The van der Waals surface area contributed by atoms with Crippen LogP contribution in [0, 0.1) is 0 Å². The molecule has 0 heterocycles. The van der Waals surface area contributed by atoms with Crippen molar-refractivity contribution in [3.8, 4) is 0 Å². The van der Waals surface area contributed by atoms with Crippen molar-refractivity contribution in [3.63, 3.8) is 0 Å². The lowest BCUT2D eigenvalue weighted by molar-refractivity contribution is -0.109. The number of carbonyl (C=O) groups is 1. The van der Waals surface area contributed by atoms with Crippen molar-refractivity contribution < 1.29 is 4.79 Å². The molecule has 0 aliphatic carbocycles. The lowest BCUT2D eigenvalue weighted by Gasteiger charge is -2.09. The molecule has 0 spiro atoms. The minimum atomic E-state index is -0.0759. The zero-order valence-electron chi connectivity index (χ0n) is 7.24. The van der Waals surface area contributed by atoms with Gasteiger partial charge in [-0.25, -0.2) is 0 Å². The first-order chi connectivity index (χ1) is 6.29. The Bertz CT molecular complexity index is 307. The lowest BCUT2D eigenvalue weighted by Crippen LogP contribution is -1.99. The highest BCUT2D eigenvalue weighted by molar-refractivity contribution is 9.10. The van der Waals surface area contributed by atoms with E-state index in [1.807, 2.05) is 24.3 Å². The van der Waals surface area contributed by atoms with E-state index in [4.69, 9.17) is 0 Å². The quantitative estimate of drug-likeness (QED) is 0.582. The number of benzene rings is 1. The summed E-state index contributed by atoms with van der Waals surface area (Å²) >= 11 is 3.41. The van der Waals surface area contributed by atoms with Crippen LogP contribution >= 0.6 is 15.9 Å². The molecule has 0 radical (unpaired) electrons. The summed E-state index contributed by atoms with van der Waals surface area (Å²) in [6.07, 6.45) is 3.41. The van der Waals surface area contributed by atoms with E-state index in [1.165, 1.54) is 0 Å². The van der Waals surface area contributed by atoms with E-state index in [9.17, 15) is 4.79 Å². The molecule has 0 fully saturated rings. The molecule has 0 bridgehead atoms. The number of halogens is 1. The molecule has 1 unspecified atom stereocenters. The molecule has 0 aromatic heterocycles. The Morgan fingerprint density at radius 3 is 2.69 bits per heavy atom. The third-order valence-electron chi connectivity index (χ3n) is 1.89. The predicted molar refractivity (Wildman–Crippen MR) is 57.8 cm³/mol. The summed E-state index contributed by atoms with van der Waals surface area (Å²) < 4.78 is 0.981. The van der Waals surface area contributed by atoms with Crippen molar-refractivity contribution in [2.75, 3.05) is 0 Å². The van der Waals surface area contributed by atoms with Crippen LogP contribution in [0.4, 0.5) is 0 Å². The highest BCUT2D eigenvalue weighted by Gasteiger charge is 2.10. The van der Waals surface area contributed by atoms with Crippen LogP contribution in [-0.2, 0) is 4.79 Å². The van der Waals surface area contributed by atoms with Gasteiger partial charge in [0.25, 0.3) is 0 Å². The van der Waals surface area contributed by atoms with Gasteiger partial charge in [-0.05, 0) is 18.1 Å². The monoisotopic (exact) mass is 238 g/mol. The predicted octanol–water partition coefficient (Wildman–Crippen LogP) is 3.31. The minimum Gasteiger partial charge on any atom is -0.303 e. The van der Waals surface area contributed by atoms with Gasteiger partial charge in [0.2, 0.25) is 0 Å². The highest BCUT2D eigenvalue weighted by atomic mass is 79.9. The normalized spacial score (nSPS) is 12.1. The van der Waals surface area contributed by atoms with E-state index < -0.39 is 0 Å². The number of hydrogen-bond acceptors (Lipinski definition) is 1. The van der Waals surface area contributed by atoms with Gasteiger partial charge in [0.05, 0.1) is 0 Å². The van der Waals surface area contributed by atoms with Crippen LogP contribution in [0.15, 0.2) is 41.4 Å². The fourth-order valence-corrected chi connectivity index (χ4v) is 1.79. The molecule has 0 saturated heterocycles. The fourth-order valence-electron chi connectivity index (χ4n) is 1.21. The van der Waals surface area contributed by atoms with Gasteiger partial charge in [-0.3, -0.25) is 0 Å². The maximum atomic E-state index is 10.8. The van der Waals surface area contributed by atoms with Crippen molar-refractivity contribution in [1.29, 1.82) is 0 Å². The van der Waals surface area contributed by atoms with E-state index in [0.29, 0.717) is 6.42 Å². The summed E-state index contributed by atoms with van der Waals surface area (Å²) in [5.74, 6) is -0.0759. The average Bonchev–Trinajstić information content (AvgIpc) is 2.16. The number of carbonyl (C=O) groups excluding carboxylic acids is 1. The van der Waals surface area contributed by atoms with Gasteiger partial charge < -0.3 is 4.79 Å². The van der Waals surface area contributed by atoms with E-state index >= 15 is 0 Å². The first-order valence-corrected chi connectivity index (χ1v) is 4.89. The third-order valence-corrected chi connectivity index (χ3v) is 2.61. The molecule has 0 amide bonds. The van der Waals surface area contributed by atoms with E-state index in [0.717, 1.165) is 16.3 Å². The summed E-state index contributed by atoms with van der Waals surface area (Å²) in [7, 11) is 0. The average molecular weight is 239 g/mol. The molecule has 1 atom stereocenters. The van der Waals surface area contributed by atoms with Gasteiger partial charge in [0.1, 0.15) is 6.29 Å². The Morgan fingerprint density at radius 1 is 1.46 bits per heavy atom. The summed E-state index contributed by atoms with van der Waals surface area (Å²) in [6.45, 7) is 3.63. The Hall–Kier alpha value is -0.890. The molecular weight excluding hydrogens is 228 g/mol. The number of hydrogen-bond donors (Lipinski definition) is 0. The number of allylic oxidation sites excluding steroid dienone is 1. The van der Waals surface area contributed by atoms with Crippen molar-refractivity contribution in [1.82, 2.24) is 0 Å². The molecule has 0 saturated carbocycles. The molecule has 13 heavy (non-hydrogen) atoms. The Morgan fingerprint density at radius 2 is 2.15 bits per heavy atom. The van der Waals surface area contributed by atoms with Gasteiger partial charge in [-0.1, -0.05) is 40.2 Å². The van der Waals surface area contributed by atoms with Crippen LogP contribution in [0.1, 0.15) is 17.9 Å². The van der Waals surface area contributed by atoms with Gasteiger partial charge in [-0.2, -0.15) is 0 Å². The summed E-state index contributed by atoms with van der Waals surface area (Å²) in [6, 6.07) is 7.75. The zero-order valence-corrected chi connectivity index (χ0v) is 8.83. The van der Waals surface area contributed by atoms with Crippen molar-refractivity contribution >= 4 is 22.2 Å². The van der Waals surface area contributed by atoms with Crippen molar-refractivity contribution in [2.45, 2.75) is 12.3 Å². The van der Waals surface area contributed by atoms with Crippen LogP contribution in [-0.4, -0.2) is 6.29 Å². The second-order valence-corrected chi connectivity index (χ2v) is 3.64. The van der Waals surface area contributed by atoms with Gasteiger partial charge >= 0.3 is 0 Å². The topological polar surface area (TPSA) is 17.1 Å². The van der Waals surface area contributed by atoms with Crippen LogP contribution in [0.5, 0.6) is 0 Å². The zero-order chi connectivity index (χ0) is 9.68. The molecule has 0 aliphatic heterocycles.